The fraction of sp³-hybridized carbons (Fsp3) is 0.0323. The number of nitrogens with zero attached hydrogens (tertiary/aromatic N) is 1. The summed E-state index contributed by atoms with van der Waals surface area (Å²) in [6.45, 7) is 0. The van der Waals surface area contributed by atoms with E-state index in [0.717, 1.165) is 21.3 Å². The molecule has 0 saturated carbocycles. The van der Waals surface area contributed by atoms with E-state index < -0.39 is 33.3 Å². The Morgan fingerprint density at radius 3 is 2.16 bits per heavy atom. The summed E-state index contributed by atoms with van der Waals surface area (Å²) in [6.07, 6.45) is 0. The van der Waals surface area contributed by atoms with Crippen LogP contribution in [-0.2, 0) is 4.79 Å². The number of anilines is 2. The Morgan fingerprint density at radius 1 is 0.822 bits per heavy atom. The molecule has 0 spiro atoms. The lowest BCUT2D eigenvalue weighted by atomic mass is 10.1. The van der Waals surface area contributed by atoms with E-state index in [2.05, 4.69) is 31.5 Å². The molecule has 5 aromatic rings. The first-order chi connectivity index (χ1) is 21.5. The molecule has 1 aromatic heterocycles. The minimum absolute atomic E-state index is 0.247. The number of thiazole rings is 1. The molecule has 0 fully saturated rings. The maximum absolute atomic E-state index is 13.6. The van der Waals surface area contributed by atoms with Crippen molar-refractivity contribution in [2.24, 2.45) is 0 Å². The zero-order valence-electron chi connectivity index (χ0n) is 22.5. The van der Waals surface area contributed by atoms with Crippen molar-refractivity contribution in [3.8, 4) is 11.3 Å². The van der Waals surface area contributed by atoms with Crippen LogP contribution in [-0.4, -0.2) is 27.9 Å². The molecule has 0 aliphatic heterocycles. The Hall–Kier alpha value is -3.09. The molecule has 0 saturated heterocycles. The maximum atomic E-state index is 13.6. The first-order valence-electron chi connectivity index (χ1n) is 12.8. The molecular formula is C31H18BrCl4N3O4S2. The first kappa shape index (κ1) is 33.3. The van der Waals surface area contributed by atoms with E-state index >= 15 is 0 Å². The standard InChI is InChI=1S/C31H18BrCl4N3O4S2/c32-17-11-9-15(10-12-17)20-14-44-31(38-20)39-29(41)27(16-5-2-1-3-6-16)45-19-8-4-7-18(13-19)37-28(40)21-22(30(42)43)24(34)26(36)25(35)23(21)33/h1-14,27H,(H,37,40)(H,42,43)(H,38,39,41). The number of amides is 2. The summed E-state index contributed by atoms with van der Waals surface area (Å²) in [5.41, 5.74) is 1.71. The van der Waals surface area contributed by atoms with Gasteiger partial charge in [-0.2, -0.15) is 0 Å². The quantitative estimate of drug-likeness (QED) is 0.0781. The first-order valence-corrected chi connectivity index (χ1v) is 16.8. The van der Waals surface area contributed by atoms with Gasteiger partial charge < -0.3 is 15.7 Å². The average Bonchev–Trinajstić information content (AvgIpc) is 3.49. The van der Waals surface area contributed by atoms with Crippen LogP contribution in [0.5, 0.6) is 0 Å². The number of halogens is 5. The van der Waals surface area contributed by atoms with Crippen LogP contribution in [0.2, 0.25) is 20.1 Å². The lowest BCUT2D eigenvalue weighted by Crippen LogP contribution is -2.19. The highest BCUT2D eigenvalue weighted by Crippen LogP contribution is 2.42. The van der Waals surface area contributed by atoms with Gasteiger partial charge in [-0.05, 0) is 35.9 Å². The number of aromatic nitrogens is 1. The van der Waals surface area contributed by atoms with E-state index in [1.54, 1.807) is 24.3 Å². The van der Waals surface area contributed by atoms with Crippen LogP contribution in [0.3, 0.4) is 0 Å². The van der Waals surface area contributed by atoms with Crippen molar-refractivity contribution in [2.45, 2.75) is 10.1 Å². The highest BCUT2D eigenvalue weighted by atomic mass is 79.9. The van der Waals surface area contributed by atoms with E-state index in [1.807, 2.05) is 60.0 Å². The Kier molecular flexibility index (Phi) is 10.8. The van der Waals surface area contributed by atoms with E-state index in [4.69, 9.17) is 46.4 Å². The Balaban J connectivity index is 1.38. The summed E-state index contributed by atoms with van der Waals surface area (Å²) in [5.74, 6) is -2.65. The number of rotatable bonds is 9. The van der Waals surface area contributed by atoms with Crippen LogP contribution < -0.4 is 10.6 Å². The van der Waals surface area contributed by atoms with Crippen molar-refractivity contribution >= 4 is 114 Å². The monoisotopic (exact) mass is 779 g/mol. The van der Waals surface area contributed by atoms with Gasteiger partial charge >= 0.3 is 5.97 Å². The fourth-order valence-electron chi connectivity index (χ4n) is 4.18. The van der Waals surface area contributed by atoms with Gasteiger partial charge in [0.25, 0.3) is 5.91 Å². The number of carbonyl (C=O) groups is 3. The van der Waals surface area contributed by atoms with E-state index in [9.17, 15) is 19.5 Å². The van der Waals surface area contributed by atoms with Gasteiger partial charge in [-0.25, -0.2) is 9.78 Å². The van der Waals surface area contributed by atoms with Gasteiger partial charge in [0.15, 0.2) is 5.13 Å². The van der Waals surface area contributed by atoms with E-state index in [1.165, 1.54) is 23.1 Å². The predicted molar refractivity (Wildman–Crippen MR) is 187 cm³/mol. The van der Waals surface area contributed by atoms with Crippen molar-refractivity contribution in [2.75, 3.05) is 10.6 Å². The van der Waals surface area contributed by atoms with E-state index in [-0.39, 0.29) is 21.0 Å². The number of hydrogen-bond acceptors (Lipinski definition) is 6. The zero-order valence-corrected chi connectivity index (χ0v) is 28.7. The van der Waals surface area contributed by atoms with Gasteiger partial charge in [0.1, 0.15) is 5.25 Å². The number of carboxylic acid groups (broad SMARTS) is 1. The van der Waals surface area contributed by atoms with Crippen LogP contribution >= 0.6 is 85.4 Å². The summed E-state index contributed by atoms with van der Waals surface area (Å²) >= 11 is 30.5. The minimum Gasteiger partial charge on any atom is -0.478 e. The van der Waals surface area contributed by atoms with Gasteiger partial charge in [-0.15, -0.1) is 23.1 Å². The average molecular weight is 782 g/mol. The maximum Gasteiger partial charge on any atom is 0.338 e. The number of benzene rings is 4. The molecule has 7 nitrogen and oxygen atoms in total. The summed E-state index contributed by atoms with van der Waals surface area (Å²) in [5, 5.41) is 15.6. The molecule has 228 valence electrons. The molecule has 0 aliphatic carbocycles. The van der Waals surface area contributed by atoms with Gasteiger partial charge in [0.2, 0.25) is 5.91 Å². The molecular weight excluding hydrogens is 764 g/mol. The number of aromatic carboxylic acids is 1. The van der Waals surface area contributed by atoms with Crippen molar-refractivity contribution in [3.63, 3.8) is 0 Å². The van der Waals surface area contributed by atoms with Crippen LogP contribution in [0.15, 0.2) is 93.6 Å². The van der Waals surface area contributed by atoms with Gasteiger partial charge in [-0.1, -0.05) is 111 Å². The third kappa shape index (κ3) is 7.66. The van der Waals surface area contributed by atoms with Crippen molar-refractivity contribution in [1.29, 1.82) is 0 Å². The van der Waals surface area contributed by atoms with Gasteiger partial charge in [-0.3, -0.25) is 9.59 Å². The summed E-state index contributed by atoms with van der Waals surface area (Å²) < 4.78 is 0.953. The lowest BCUT2D eigenvalue weighted by Gasteiger charge is -2.17. The molecule has 14 heteroatoms. The number of hydrogen-bond donors (Lipinski definition) is 3. The van der Waals surface area contributed by atoms with Gasteiger partial charge in [0, 0.05) is 26.0 Å². The number of carbonyl (C=O) groups excluding carboxylic acids is 2. The topological polar surface area (TPSA) is 108 Å². The normalized spacial score (nSPS) is 11.6. The molecule has 0 radical (unpaired) electrons. The summed E-state index contributed by atoms with van der Waals surface area (Å²) in [4.78, 5) is 44.1. The smallest absolute Gasteiger partial charge is 0.338 e. The molecule has 1 atom stereocenters. The number of thioether (sulfide) groups is 1. The fourth-order valence-corrected chi connectivity index (χ4v) is 7.27. The van der Waals surface area contributed by atoms with Crippen molar-refractivity contribution < 1.29 is 19.5 Å². The second-order valence-electron chi connectivity index (χ2n) is 9.24. The van der Waals surface area contributed by atoms with Crippen molar-refractivity contribution in [1.82, 2.24) is 4.98 Å². The SMILES string of the molecule is O=C(O)c1c(Cl)c(Cl)c(Cl)c(Cl)c1C(=O)Nc1cccc(SC(C(=O)Nc2nc(-c3ccc(Br)cc3)cs2)c2ccccc2)c1. The lowest BCUT2D eigenvalue weighted by molar-refractivity contribution is -0.115. The largest absolute Gasteiger partial charge is 0.478 e. The third-order valence-electron chi connectivity index (χ3n) is 6.27. The molecule has 5 rings (SSSR count). The highest BCUT2D eigenvalue weighted by molar-refractivity contribution is 9.10. The molecule has 1 unspecified atom stereocenters. The molecule has 4 aromatic carbocycles. The van der Waals surface area contributed by atoms with Gasteiger partial charge in [0.05, 0.1) is 36.9 Å². The number of nitrogens with one attached hydrogen (secondary N) is 2. The molecule has 0 aliphatic rings. The summed E-state index contributed by atoms with van der Waals surface area (Å²) in [6, 6.07) is 23.7. The molecule has 0 bridgehead atoms. The Labute approximate surface area is 294 Å². The molecule has 3 N–H and O–H groups in total. The van der Waals surface area contributed by atoms with E-state index in [0.29, 0.717) is 15.7 Å². The molecule has 45 heavy (non-hydrogen) atoms. The second kappa shape index (κ2) is 14.6. The minimum atomic E-state index is -1.50. The zero-order chi connectivity index (χ0) is 32.2. The third-order valence-corrected chi connectivity index (χ3v) is 10.6. The Bertz CT molecular complexity index is 1920. The van der Waals surface area contributed by atoms with Crippen LogP contribution in [0, 0.1) is 0 Å². The van der Waals surface area contributed by atoms with Crippen molar-refractivity contribution in [3.05, 3.63) is 125 Å². The molecule has 2 amide bonds. The summed E-state index contributed by atoms with van der Waals surface area (Å²) in [7, 11) is 0. The predicted octanol–water partition coefficient (Wildman–Crippen LogP) is 10.6. The van der Waals surface area contributed by atoms with Crippen LogP contribution in [0.1, 0.15) is 31.5 Å². The van der Waals surface area contributed by atoms with Crippen LogP contribution in [0.4, 0.5) is 10.8 Å². The molecule has 1 heterocycles. The number of carboxylic acids is 1. The highest BCUT2D eigenvalue weighted by Gasteiger charge is 2.29. The van der Waals surface area contributed by atoms with Crippen LogP contribution in [0.25, 0.3) is 11.3 Å². The Morgan fingerprint density at radius 2 is 1.49 bits per heavy atom. The second-order valence-corrected chi connectivity index (χ2v) is 13.7.